The van der Waals surface area contributed by atoms with Gasteiger partial charge in [0.25, 0.3) is 5.91 Å². The Balaban J connectivity index is 1.60. The third-order valence-electron chi connectivity index (χ3n) is 4.22. The van der Waals surface area contributed by atoms with Gasteiger partial charge in [-0.3, -0.25) is 4.79 Å². The molecule has 1 aromatic carbocycles. The minimum atomic E-state index is -0.678. The highest BCUT2D eigenvalue weighted by Crippen LogP contribution is 2.27. The second-order valence-electron chi connectivity index (χ2n) is 6.06. The number of carbonyl (C=O) groups excluding carboxylic acids is 2. The van der Waals surface area contributed by atoms with Crippen molar-refractivity contribution in [2.75, 3.05) is 26.4 Å². The fraction of sp³-hybridized carbons (Fsp3) is 0.474. The second kappa shape index (κ2) is 8.82. The van der Waals surface area contributed by atoms with Crippen molar-refractivity contribution in [3.05, 3.63) is 35.6 Å². The Morgan fingerprint density at radius 3 is 2.92 bits per heavy atom. The van der Waals surface area contributed by atoms with Crippen LogP contribution in [0.3, 0.4) is 0 Å². The maximum Gasteiger partial charge on any atom is 0.375 e. The van der Waals surface area contributed by atoms with E-state index in [0.29, 0.717) is 24.3 Å². The number of hydrogen-bond donors (Lipinski definition) is 1. The molecule has 1 aliphatic rings. The molecular formula is C19H23NO6. The zero-order valence-corrected chi connectivity index (χ0v) is 14.8. The summed E-state index contributed by atoms with van der Waals surface area (Å²) in [5.41, 5.74) is 1.21. The Kier molecular flexibility index (Phi) is 6.25. The van der Waals surface area contributed by atoms with Gasteiger partial charge in [-0.25, -0.2) is 4.79 Å². The van der Waals surface area contributed by atoms with E-state index in [4.69, 9.17) is 18.6 Å². The molecule has 0 radical (unpaired) electrons. The highest BCUT2D eigenvalue weighted by atomic mass is 16.5. The normalized spacial score (nSPS) is 16.7. The van der Waals surface area contributed by atoms with Crippen LogP contribution in [0.1, 0.15) is 35.9 Å². The van der Waals surface area contributed by atoms with Crippen LogP contribution in [0.5, 0.6) is 0 Å². The number of hydrogen-bond acceptors (Lipinski definition) is 6. The molecule has 3 rings (SSSR count). The van der Waals surface area contributed by atoms with Crippen molar-refractivity contribution in [2.45, 2.75) is 32.5 Å². The van der Waals surface area contributed by atoms with Crippen LogP contribution in [0.4, 0.5) is 0 Å². The molecule has 2 aromatic rings. The Morgan fingerprint density at radius 1 is 1.31 bits per heavy atom. The third-order valence-corrected chi connectivity index (χ3v) is 4.22. The molecule has 140 valence electrons. The zero-order chi connectivity index (χ0) is 18.4. The third kappa shape index (κ3) is 4.42. The van der Waals surface area contributed by atoms with Crippen LogP contribution in [0.25, 0.3) is 11.0 Å². The number of furan rings is 1. The van der Waals surface area contributed by atoms with E-state index >= 15 is 0 Å². The lowest BCUT2D eigenvalue weighted by atomic mass is 10.1. The van der Waals surface area contributed by atoms with E-state index in [1.807, 2.05) is 25.1 Å². The van der Waals surface area contributed by atoms with Gasteiger partial charge < -0.3 is 23.9 Å². The molecule has 0 saturated carbocycles. The summed E-state index contributed by atoms with van der Waals surface area (Å²) in [5, 5.41) is 3.51. The number of benzene rings is 1. The second-order valence-corrected chi connectivity index (χ2v) is 6.06. The quantitative estimate of drug-likeness (QED) is 0.727. The first kappa shape index (κ1) is 18.4. The average molecular weight is 361 g/mol. The molecule has 1 N–H and O–H groups in total. The number of amides is 1. The minimum Gasteiger partial charge on any atom is -0.450 e. The highest BCUT2D eigenvalue weighted by Gasteiger charge is 2.23. The van der Waals surface area contributed by atoms with E-state index in [-0.39, 0.29) is 31.0 Å². The van der Waals surface area contributed by atoms with Gasteiger partial charge in [-0.2, -0.15) is 0 Å². The Bertz CT molecular complexity index is 762. The monoisotopic (exact) mass is 361 g/mol. The van der Waals surface area contributed by atoms with Gasteiger partial charge in [-0.15, -0.1) is 0 Å². The summed E-state index contributed by atoms with van der Waals surface area (Å²) >= 11 is 0. The smallest absolute Gasteiger partial charge is 0.375 e. The van der Waals surface area contributed by atoms with Crippen molar-refractivity contribution in [3.8, 4) is 0 Å². The molecule has 0 bridgehead atoms. The summed E-state index contributed by atoms with van der Waals surface area (Å²) in [6.45, 7) is 3.42. The van der Waals surface area contributed by atoms with Gasteiger partial charge in [0, 0.05) is 30.7 Å². The van der Waals surface area contributed by atoms with E-state index in [1.165, 1.54) is 0 Å². The number of para-hydroxylation sites is 1. The van der Waals surface area contributed by atoms with E-state index in [0.717, 1.165) is 24.8 Å². The van der Waals surface area contributed by atoms with E-state index < -0.39 is 5.97 Å². The SMILES string of the molecule is CCOCc1c(C(=O)OCC(=O)NC[C@@H]2CCCO2)oc2ccccc12. The first-order valence-electron chi connectivity index (χ1n) is 8.82. The average Bonchev–Trinajstić information content (AvgIpc) is 3.30. The predicted octanol–water partition coefficient (Wildman–Crippen LogP) is 2.42. The van der Waals surface area contributed by atoms with Crippen LogP contribution in [0.2, 0.25) is 0 Å². The molecule has 1 amide bonds. The van der Waals surface area contributed by atoms with Gasteiger partial charge in [-0.05, 0) is 25.8 Å². The van der Waals surface area contributed by atoms with Crippen molar-refractivity contribution in [2.24, 2.45) is 0 Å². The van der Waals surface area contributed by atoms with E-state index in [9.17, 15) is 9.59 Å². The van der Waals surface area contributed by atoms with Crippen LogP contribution in [0.15, 0.2) is 28.7 Å². The van der Waals surface area contributed by atoms with Gasteiger partial charge >= 0.3 is 5.97 Å². The molecule has 1 saturated heterocycles. The van der Waals surface area contributed by atoms with Crippen LogP contribution in [0, 0.1) is 0 Å². The fourth-order valence-corrected chi connectivity index (χ4v) is 2.89. The molecule has 7 nitrogen and oxygen atoms in total. The molecule has 1 atom stereocenters. The topological polar surface area (TPSA) is 87.0 Å². The molecule has 1 aromatic heterocycles. The molecular weight excluding hydrogens is 338 g/mol. The molecule has 0 unspecified atom stereocenters. The number of fused-ring (bicyclic) bond motifs is 1. The standard InChI is InChI=1S/C19H23NO6/c1-2-23-11-15-14-7-3-4-8-16(14)26-18(15)19(22)25-12-17(21)20-10-13-6-5-9-24-13/h3-4,7-8,13H,2,5-6,9-12H2,1H3,(H,20,21)/t13-/m0/s1. The zero-order valence-electron chi connectivity index (χ0n) is 14.8. The molecule has 7 heteroatoms. The van der Waals surface area contributed by atoms with Crippen molar-refractivity contribution in [1.82, 2.24) is 5.32 Å². The molecule has 1 fully saturated rings. The number of ether oxygens (including phenoxy) is 3. The van der Waals surface area contributed by atoms with Crippen molar-refractivity contribution < 1.29 is 28.2 Å². The van der Waals surface area contributed by atoms with Crippen molar-refractivity contribution in [1.29, 1.82) is 0 Å². The molecule has 26 heavy (non-hydrogen) atoms. The van der Waals surface area contributed by atoms with Gasteiger partial charge in [0.15, 0.2) is 6.61 Å². The molecule has 2 heterocycles. The highest BCUT2D eigenvalue weighted by molar-refractivity contribution is 5.96. The lowest BCUT2D eigenvalue weighted by Crippen LogP contribution is -2.34. The number of esters is 1. The van der Waals surface area contributed by atoms with Crippen LogP contribution < -0.4 is 5.32 Å². The summed E-state index contributed by atoms with van der Waals surface area (Å²) < 4.78 is 21.6. The largest absolute Gasteiger partial charge is 0.450 e. The van der Waals surface area contributed by atoms with Crippen LogP contribution in [-0.4, -0.2) is 44.3 Å². The fourth-order valence-electron chi connectivity index (χ4n) is 2.89. The van der Waals surface area contributed by atoms with Crippen molar-refractivity contribution >= 4 is 22.8 Å². The molecule has 0 aliphatic carbocycles. The predicted molar refractivity (Wildman–Crippen MR) is 93.8 cm³/mol. The van der Waals surface area contributed by atoms with Gasteiger partial charge in [-0.1, -0.05) is 18.2 Å². The lowest BCUT2D eigenvalue weighted by molar-refractivity contribution is -0.124. The first-order chi connectivity index (χ1) is 12.7. The Morgan fingerprint density at radius 2 is 2.15 bits per heavy atom. The summed E-state index contributed by atoms with van der Waals surface area (Å²) in [5.74, 6) is -0.967. The number of rotatable bonds is 8. The lowest BCUT2D eigenvalue weighted by Gasteiger charge is -2.10. The molecule has 0 spiro atoms. The minimum absolute atomic E-state index is 0.0443. The summed E-state index contributed by atoms with van der Waals surface area (Å²) in [7, 11) is 0. The van der Waals surface area contributed by atoms with E-state index in [1.54, 1.807) is 6.07 Å². The summed E-state index contributed by atoms with van der Waals surface area (Å²) in [6.07, 6.45) is 1.98. The van der Waals surface area contributed by atoms with Gasteiger partial charge in [0.05, 0.1) is 12.7 Å². The molecule has 1 aliphatic heterocycles. The number of nitrogens with one attached hydrogen (secondary N) is 1. The van der Waals surface area contributed by atoms with Gasteiger partial charge in [0.1, 0.15) is 5.58 Å². The number of carbonyl (C=O) groups is 2. The van der Waals surface area contributed by atoms with Crippen LogP contribution in [-0.2, 0) is 25.6 Å². The van der Waals surface area contributed by atoms with Crippen molar-refractivity contribution in [3.63, 3.8) is 0 Å². The summed E-state index contributed by atoms with van der Waals surface area (Å²) in [4.78, 5) is 24.3. The van der Waals surface area contributed by atoms with E-state index in [2.05, 4.69) is 5.32 Å². The Labute approximate surface area is 151 Å². The summed E-state index contributed by atoms with van der Waals surface area (Å²) in [6, 6.07) is 7.32. The van der Waals surface area contributed by atoms with Crippen LogP contribution >= 0.6 is 0 Å². The maximum atomic E-state index is 12.4. The van der Waals surface area contributed by atoms with Gasteiger partial charge in [0.2, 0.25) is 5.76 Å². The Hall–Kier alpha value is -2.38. The first-order valence-corrected chi connectivity index (χ1v) is 8.82. The maximum absolute atomic E-state index is 12.4.